The average molecular weight is 440 g/mol. The quantitative estimate of drug-likeness (QED) is 0.530. The molecule has 0 amide bonds. The molecule has 0 aromatic heterocycles. The van der Waals surface area contributed by atoms with Gasteiger partial charge in [0.15, 0.2) is 0 Å². The highest BCUT2D eigenvalue weighted by molar-refractivity contribution is 7.85. The van der Waals surface area contributed by atoms with Crippen LogP contribution in [0.4, 0.5) is 0 Å². The van der Waals surface area contributed by atoms with Gasteiger partial charge in [0.2, 0.25) is 0 Å². The van der Waals surface area contributed by atoms with Gasteiger partial charge in [0, 0.05) is 13.1 Å². The fraction of sp³-hybridized carbons (Fsp3) is 0.280. The second-order valence-electron chi connectivity index (χ2n) is 7.51. The summed E-state index contributed by atoms with van der Waals surface area (Å²) >= 11 is 0. The maximum Gasteiger partial charge on any atom is 0.269 e. The number of hydrogen-bond acceptors (Lipinski definition) is 4. The zero-order chi connectivity index (χ0) is 21.9. The fourth-order valence-corrected chi connectivity index (χ4v) is 4.09. The van der Waals surface area contributed by atoms with Crippen molar-refractivity contribution in [1.82, 2.24) is 5.06 Å². The molecule has 6 heteroatoms. The van der Waals surface area contributed by atoms with Gasteiger partial charge in [0.25, 0.3) is 10.1 Å². The van der Waals surface area contributed by atoms with Gasteiger partial charge in [0.1, 0.15) is 11.9 Å². The smallest absolute Gasteiger partial charge is 0.269 e. The minimum absolute atomic E-state index is 0.00417. The molecule has 1 fully saturated rings. The summed E-state index contributed by atoms with van der Waals surface area (Å²) in [5, 5.41) is 2.13. The third-order valence-corrected chi connectivity index (χ3v) is 5.66. The van der Waals surface area contributed by atoms with Gasteiger partial charge in [-0.2, -0.15) is 13.5 Å². The van der Waals surface area contributed by atoms with Crippen molar-refractivity contribution in [2.75, 3.05) is 13.1 Å². The van der Waals surface area contributed by atoms with Crippen LogP contribution in [0.5, 0.6) is 0 Å². The zero-order valence-electron chi connectivity index (χ0n) is 17.5. The largest absolute Gasteiger partial charge is 0.286 e. The Kier molecular flexibility index (Phi) is 8.79. The summed E-state index contributed by atoms with van der Waals surface area (Å²) in [7, 11) is -3.88. The molecule has 0 saturated carbocycles. The molecule has 164 valence electrons. The maximum atomic E-state index is 10.4. The van der Waals surface area contributed by atoms with E-state index < -0.39 is 10.1 Å². The number of rotatable bonds is 6. The van der Waals surface area contributed by atoms with E-state index >= 15 is 0 Å². The van der Waals surface area contributed by atoms with Crippen molar-refractivity contribution in [3.63, 3.8) is 0 Å². The highest BCUT2D eigenvalue weighted by Gasteiger charge is 2.20. The van der Waals surface area contributed by atoms with Gasteiger partial charge in [-0.25, -0.2) is 0 Å². The second kappa shape index (κ2) is 11.8. The molecule has 1 heterocycles. The van der Waals surface area contributed by atoms with Crippen LogP contribution >= 0.6 is 0 Å². The van der Waals surface area contributed by atoms with Gasteiger partial charge in [0.05, 0.1) is 0 Å². The lowest BCUT2D eigenvalue weighted by Gasteiger charge is -2.30. The topological polar surface area (TPSA) is 66.8 Å². The lowest BCUT2D eigenvalue weighted by molar-refractivity contribution is -0.196. The van der Waals surface area contributed by atoms with E-state index in [9.17, 15) is 8.42 Å². The van der Waals surface area contributed by atoms with Crippen molar-refractivity contribution in [2.45, 2.75) is 31.1 Å². The maximum absolute atomic E-state index is 10.4. The molecule has 0 bridgehead atoms. The molecular formula is C25H29NO4S. The fourth-order valence-electron chi connectivity index (χ4n) is 3.47. The Morgan fingerprint density at radius 2 is 1.19 bits per heavy atom. The zero-order valence-corrected chi connectivity index (χ0v) is 18.3. The van der Waals surface area contributed by atoms with Crippen molar-refractivity contribution in [2.24, 2.45) is 0 Å². The van der Waals surface area contributed by atoms with Crippen LogP contribution in [-0.2, 0) is 20.7 Å². The van der Waals surface area contributed by atoms with E-state index in [0.29, 0.717) is 5.56 Å². The van der Waals surface area contributed by atoms with Crippen molar-refractivity contribution in [1.29, 1.82) is 0 Å². The Hall–Kier alpha value is -2.51. The van der Waals surface area contributed by atoms with E-state index in [2.05, 4.69) is 53.6 Å². The van der Waals surface area contributed by atoms with Crippen molar-refractivity contribution >= 4 is 10.1 Å². The van der Waals surface area contributed by atoms with E-state index in [0.717, 1.165) is 13.1 Å². The SMILES string of the molecule is O=S(=O)(O)Cc1ccccc1.c1ccc(C(ON2CCCCC2)c2ccccc2)cc1. The van der Waals surface area contributed by atoms with Crippen LogP contribution in [0.25, 0.3) is 0 Å². The Labute approximate surface area is 185 Å². The molecule has 0 spiro atoms. The predicted octanol–water partition coefficient (Wildman–Crippen LogP) is 5.27. The molecule has 4 rings (SSSR count). The molecule has 1 N–H and O–H groups in total. The highest BCUT2D eigenvalue weighted by Crippen LogP contribution is 2.28. The van der Waals surface area contributed by atoms with Crippen LogP contribution in [0.3, 0.4) is 0 Å². The Morgan fingerprint density at radius 1 is 0.742 bits per heavy atom. The highest BCUT2D eigenvalue weighted by atomic mass is 32.2. The molecule has 0 aliphatic carbocycles. The Balaban J connectivity index is 0.000000210. The minimum atomic E-state index is -3.88. The molecule has 0 radical (unpaired) electrons. The van der Waals surface area contributed by atoms with Crippen LogP contribution in [0.1, 0.15) is 42.1 Å². The van der Waals surface area contributed by atoms with Crippen LogP contribution in [0, 0.1) is 0 Å². The summed E-state index contributed by atoms with van der Waals surface area (Å²) in [6, 6.07) is 29.5. The average Bonchev–Trinajstić information content (AvgIpc) is 2.79. The molecule has 0 atom stereocenters. The number of piperidine rings is 1. The summed E-state index contributed by atoms with van der Waals surface area (Å²) in [6.07, 6.45) is 3.78. The van der Waals surface area contributed by atoms with Crippen molar-refractivity contribution < 1.29 is 17.8 Å². The minimum Gasteiger partial charge on any atom is -0.286 e. The third kappa shape index (κ3) is 8.26. The van der Waals surface area contributed by atoms with E-state index in [1.165, 1.54) is 30.4 Å². The van der Waals surface area contributed by atoms with Gasteiger partial charge in [-0.05, 0) is 29.5 Å². The van der Waals surface area contributed by atoms with Gasteiger partial charge >= 0.3 is 0 Å². The normalized spacial score (nSPS) is 14.6. The van der Waals surface area contributed by atoms with Crippen LogP contribution in [0.15, 0.2) is 91.0 Å². The molecule has 1 aliphatic rings. The van der Waals surface area contributed by atoms with Gasteiger partial charge in [-0.15, -0.1) is 0 Å². The van der Waals surface area contributed by atoms with Crippen LogP contribution in [0.2, 0.25) is 0 Å². The number of nitrogens with zero attached hydrogens (tertiary/aromatic N) is 1. The lowest BCUT2D eigenvalue weighted by Crippen LogP contribution is -2.31. The van der Waals surface area contributed by atoms with Crippen LogP contribution in [-0.4, -0.2) is 31.1 Å². The van der Waals surface area contributed by atoms with Gasteiger partial charge in [-0.1, -0.05) is 97.4 Å². The molecule has 3 aromatic carbocycles. The number of hydrogen-bond donors (Lipinski definition) is 1. The summed E-state index contributed by atoms with van der Waals surface area (Å²) in [6.45, 7) is 2.08. The molecule has 1 saturated heterocycles. The van der Waals surface area contributed by atoms with E-state index in [4.69, 9.17) is 9.39 Å². The molecular weight excluding hydrogens is 410 g/mol. The summed E-state index contributed by atoms with van der Waals surface area (Å²) < 4.78 is 29.2. The first-order chi connectivity index (χ1) is 15.0. The standard InChI is InChI=1S/C18H21NO.C7H8O3S/c1-4-10-16(11-5-1)18(17-12-6-2-7-13-17)20-19-14-8-3-9-15-19;8-11(9,10)6-7-4-2-1-3-5-7/h1-2,4-7,10-13,18H,3,8-9,14-15H2;1-5H,6H2,(H,8,9,10). The van der Waals surface area contributed by atoms with Crippen molar-refractivity contribution in [3.8, 4) is 0 Å². The summed E-state index contributed by atoms with van der Waals surface area (Å²) in [5.41, 5.74) is 3.02. The first kappa shape index (κ1) is 23.2. The number of benzene rings is 3. The second-order valence-corrected chi connectivity index (χ2v) is 8.96. The summed E-state index contributed by atoms with van der Waals surface area (Å²) in [4.78, 5) is 6.30. The molecule has 5 nitrogen and oxygen atoms in total. The van der Waals surface area contributed by atoms with Gasteiger partial charge in [-0.3, -0.25) is 9.39 Å². The molecule has 31 heavy (non-hydrogen) atoms. The van der Waals surface area contributed by atoms with Crippen molar-refractivity contribution in [3.05, 3.63) is 108 Å². The Morgan fingerprint density at radius 3 is 1.65 bits per heavy atom. The molecule has 3 aromatic rings. The summed E-state index contributed by atoms with van der Waals surface area (Å²) in [5.74, 6) is -0.312. The van der Waals surface area contributed by atoms with Gasteiger partial charge < -0.3 is 0 Å². The molecule has 0 unspecified atom stereocenters. The first-order valence-electron chi connectivity index (χ1n) is 10.5. The van der Waals surface area contributed by atoms with E-state index in [-0.39, 0.29) is 11.9 Å². The Bertz CT molecular complexity index is 950. The third-order valence-electron chi connectivity index (χ3n) is 4.97. The first-order valence-corrected chi connectivity index (χ1v) is 12.1. The predicted molar refractivity (Wildman–Crippen MR) is 123 cm³/mol. The lowest BCUT2D eigenvalue weighted by atomic mass is 10.0. The van der Waals surface area contributed by atoms with E-state index in [1.807, 2.05) is 12.1 Å². The monoisotopic (exact) mass is 439 g/mol. The van der Waals surface area contributed by atoms with E-state index in [1.54, 1.807) is 30.3 Å². The van der Waals surface area contributed by atoms with Crippen LogP contribution < -0.4 is 0 Å². The number of hydroxylamine groups is 2. The molecule has 1 aliphatic heterocycles.